The second kappa shape index (κ2) is 4.96. The first-order valence-electron chi connectivity index (χ1n) is 6.65. The third-order valence-electron chi connectivity index (χ3n) is 3.30. The van der Waals surface area contributed by atoms with Crippen LogP contribution in [0.4, 0.5) is 5.69 Å². The van der Waals surface area contributed by atoms with Crippen LogP contribution in [0.1, 0.15) is 23.0 Å². The van der Waals surface area contributed by atoms with Gasteiger partial charge >= 0.3 is 0 Å². The van der Waals surface area contributed by atoms with Crippen molar-refractivity contribution < 1.29 is 9.53 Å². The summed E-state index contributed by atoms with van der Waals surface area (Å²) in [5.41, 5.74) is 2.37. The molecule has 102 valence electrons. The molecule has 1 aromatic carbocycles. The van der Waals surface area contributed by atoms with E-state index < -0.39 is 0 Å². The van der Waals surface area contributed by atoms with E-state index in [1.807, 2.05) is 38.1 Å². The van der Waals surface area contributed by atoms with Crippen molar-refractivity contribution in [2.45, 2.75) is 20.0 Å². The Kier molecular flexibility index (Phi) is 3.14. The van der Waals surface area contributed by atoms with Gasteiger partial charge in [-0.3, -0.25) is 14.7 Å². The molecular weight excluding hydrogens is 252 g/mol. The fourth-order valence-electron chi connectivity index (χ4n) is 2.37. The number of pyridine rings is 1. The lowest BCUT2D eigenvalue weighted by molar-refractivity contribution is 0.0956. The first-order valence-corrected chi connectivity index (χ1v) is 6.65. The minimum atomic E-state index is -0.0902. The quantitative estimate of drug-likeness (QED) is 0.798. The molecule has 4 heteroatoms. The topological polar surface area (TPSA) is 42.4 Å². The van der Waals surface area contributed by atoms with Gasteiger partial charge in [0, 0.05) is 6.20 Å². The zero-order chi connectivity index (χ0) is 14.1. The third kappa shape index (κ3) is 2.25. The molecule has 2 heterocycles. The SMILES string of the molecule is Cc1ccc2c(c1)N(C(=O)c1ccccn1)C[C@H](C)O2. The molecule has 0 unspecified atom stereocenters. The second-order valence-electron chi connectivity index (χ2n) is 5.03. The van der Waals surface area contributed by atoms with Gasteiger partial charge in [0.2, 0.25) is 0 Å². The summed E-state index contributed by atoms with van der Waals surface area (Å²) in [6.45, 7) is 4.50. The number of carbonyl (C=O) groups is 1. The highest BCUT2D eigenvalue weighted by Crippen LogP contribution is 2.34. The predicted octanol–water partition coefficient (Wildman–Crippen LogP) is 2.82. The van der Waals surface area contributed by atoms with Gasteiger partial charge in [-0.25, -0.2) is 0 Å². The molecule has 3 rings (SSSR count). The maximum atomic E-state index is 12.6. The number of aryl methyl sites for hydroxylation is 1. The van der Waals surface area contributed by atoms with E-state index in [1.54, 1.807) is 23.2 Å². The molecule has 0 N–H and O–H groups in total. The van der Waals surface area contributed by atoms with Crippen LogP contribution in [0, 0.1) is 6.92 Å². The Bertz CT molecular complexity index is 640. The van der Waals surface area contributed by atoms with Gasteiger partial charge in [0.25, 0.3) is 5.91 Å². The Labute approximate surface area is 118 Å². The molecule has 1 aliphatic rings. The lowest BCUT2D eigenvalue weighted by atomic mass is 10.1. The van der Waals surface area contributed by atoms with Crippen molar-refractivity contribution in [1.29, 1.82) is 0 Å². The fraction of sp³-hybridized carbons (Fsp3) is 0.250. The lowest BCUT2D eigenvalue weighted by Gasteiger charge is -2.33. The summed E-state index contributed by atoms with van der Waals surface area (Å²) in [5, 5.41) is 0. The van der Waals surface area contributed by atoms with Crippen molar-refractivity contribution in [3.8, 4) is 5.75 Å². The van der Waals surface area contributed by atoms with Crippen LogP contribution in [0.3, 0.4) is 0 Å². The van der Waals surface area contributed by atoms with E-state index in [4.69, 9.17) is 4.74 Å². The van der Waals surface area contributed by atoms with E-state index in [-0.39, 0.29) is 12.0 Å². The van der Waals surface area contributed by atoms with Crippen LogP contribution in [-0.2, 0) is 0 Å². The van der Waals surface area contributed by atoms with Crippen LogP contribution in [0.5, 0.6) is 5.75 Å². The van der Waals surface area contributed by atoms with Gasteiger partial charge in [-0.2, -0.15) is 0 Å². The molecule has 1 amide bonds. The van der Waals surface area contributed by atoms with Crippen molar-refractivity contribution in [3.05, 3.63) is 53.9 Å². The standard InChI is InChI=1S/C16H16N2O2/c1-11-6-7-15-14(9-11)18(10-12(2)20-15)16(19)13-5-3-4-8-17-13/h3-9,12H,10H2,1-2H3/t12-/m0/s1. The molecule has 4 nitrogen and oxygen atoms in total. The van der Waals surface area contributed by atoms with Gasteiger partial charge < -0.3 is 4.74 Å². The molecule has 1 atom stereocenters. The van der Waals surface area contributed by atoms with E-state index >= 15 is 0 Å². The molecule has 0 aliphatic carbocycles. The number of rotatable bonds is 1. The van der Waals surface area contributed by atoms with E-state index in [9.17, 15) is 4.79 Å². The summed E-state index contributed by atoms with van der Waals surface area (Å²) in [4.78, 5) is 18.5. The van der Waals surface area contributed by atoms with E-state index in [2.05, 4.69) is 4.98 Å². The fourth-order valence-corrected chi connectivity index (χ4v) is 2.37. The number of amides is 1. The molecule has 0 saturated heterocycles. The number of aromatic nitrogens is 1. The lowest BCUT2D eigenvalue weighted by Crippen LogP contribution is -2.42. The van der Waals surface area contributed by atoms with E-state index in [1.165, 1.54) is 0 Å². The Morgan fingerprint density at radius 2 is 2.20 bits per heavy atom. The number of ether oxygens (including phenoxy) is 1. The largest absolute Gasteiger partial charge is 0.487 e. The second-order valence-corrected chi connectivity index (χ2v) is 5.03. The minimum Gasteiger partial charge on any atom is -0.487 e. The normalized spacial score (nSPS) is 17.3. The molecule has 0 radical (unpaired) electrons. The molecular formula is C16H16N2O2. The summed E-state index contributed by atoms with van der Waals surface area (Å²) in [6, 6.07) is 11.2. The van der Waals surface area contributed by atoms with Crippen molar-refractivity contribution in [1.82, 2.24) is 4.98 Å². The van der Waals surface area contributed by atoms with Crippen molar-refractivity contribution in [2.24, 2.45) is 0 Å². The van der Waals surface area contributed by atoms with Crippen LogP contribution in [0.25, 0.3) is 0 Å². The Balaban J connectivity index is 2.02. The highest BCUT2D eigenvalue weighted by molar-refractivity contribution is 6.06. The van der Waals surface area contributed by atoms with Crippen LogP contribution in [0.15, 0.2) is 42.6 Å². The minimum absolute atomic E-state index is 0.0298. The summed E-state index contributed by atoms with van der Waals surface area (Å²) >= 11 is 0. The van der Waals surface area contributed by atoms with Crippen LogP contribution in [0.2, 0.25) is 0 Å². The van der Waals surface area contributed by atoms with Crippen LogP contribution in [-0.4, -0.2) is 23.5 Å². The molecule has 20 heavy (non-hydrogen) atoms. The molecule has 1 aromatic heterocycles. The van der Waals surface area contributed by atoms with Crippen molar-refractivity contribution in [3.63, 3.8) is 0 Å². The summed E-state index contributed by atoms with van der Waals surface area (Å²) < 4.78 is 5.79. The first kappa shape index (κ1) is 12.7. The average Bonchev–Trinajstić information content (AvgIpc) is 2.47. The summed E-state index contributed by atoms with van der Waals surface area (Å²) in [6.07, 6.45) is 1.60. The first-order chi connectivity index (χ1) is 9.65. The molecule has 1 aliphatic heterocycles. The van der Waals surface area contributed by atoms with Crippen molar-refractivity contribution in [2.75, 3.05) is 11.4 Å². The van der Waals surface area contributed by atoms with E-state index in [0.29, 0.717) is 12.2 Å². The molecule has 2 aromatic rings. The van der Waals surface area contributed by atoms with Crippen LogP contribution < -0.4 is 9.64 Å². The Morgan fingerprint density at radius 3 is 2.95 bits per heavy atom. The Hall–Kier alpha value is -2.36. The molecule has 0 bridgehead atoms. The zero-order valence-corrected chi connectivity index (χ0v) is 11.5. The number of nitrogens with zero attached hydrogens (tertiary/aromatic N) is 2. The molecule has 0 saturated carbocycles. The smallest absolute Gasteiger partial charge is 0.277 e. The average molecular weight is 268 g/mol. The van der Waals surface area contributed by atoms with Gasteiger partial charge in [-0.15, -0.1) is 0 Å². The highest BCUT2D eigenvalue weighted by atomic mass is 16.5. The summed E-state index contributed by atoms with van der Waals surface area (Å²) in [7, 11) is 0. The Morgan fingerprint density at radius 1 is 1.35 bits per heavy atom. The monoisotopic (exact) mass is 268 g/mol. The van der Waals surface area contributed by atoms with Gasteiger partial charge in [0.15, 0.2) is 0 Å². The molecule has 0 fully saturated rings. The van der Waals surface area contributed by atoms with Crippen molar-refractivity contribution >= 4 is 11.6 Å². The van der Waals surface area contributed by atoms with Gasteiger partial charge in [0.1, 0.15) is 17.5 Å². The number of hydrogen-bond donors (Lipinski definition) is 0. The zero-order valence-electron chi connectivity index (χ0n) is 11.5. The number of fused-ring (bicyclic) bond motifs is 1. The van der Waals surface area contributed by atoms with Crippen LogP contribution >= 0.6 is 0 Å². The van der Waals surface area contributed by atoms with Gasteiger partial charge in [-0.05, 0) is 43.7 Å². The number of carbonyl (C=O) groups excluding carboxylic acids is 1. The molecule has 0 spiro atoms. The van der Waals surface area contributed by atoms with Gasteiger partial charge in [-0.1, -0.05) is 12.1 Å². The van der Waals surface area contributed by atoms with E-state index in [0.717, 1.165) is 17.0 Å². The third-order valence-corrected chi connectivity index (χ3v) is 3.30. The van der Waals surface area contributed by atoms with Gasteiger partial charge in [0.05, 0.1) is 12.2 Å². The summed E-state index contributed by atoms with van der Waals surface area (Å²) in [5.74, 6) is 0.659. The highest BCUT2D eigenvalue weighted by Gasteiger charge is 2.28. The number of benzene rings is 1. The predicted molar refractivity (Wildman–Crippen MR) is 77.2 cm³/mol. The maximum absolute atomic E-state index is 12.6. The number of hydrogen-bond acceptors (Lipinski definition) is 3. The maximum Gasteiger partial charge on any atom is 0.277 e. The number of anilines is 1.